The molecule has 34 heavy (non-hydrogen) atoms. The molecule has 0 spiro atoms. The molecule has 3 aromatic rings. The largest absolute Gasteiger partial charge is 0.383 e. The zero-order valence-corrected chi connectivity index (χ0v) is 18.3. The van der Waals surface area contributed by atoms with Gasteiger partial charge in [-0.05, 0) is 59.0 Å². The third-order valence-electron chi connectivity index (χ3n) is 6.19. The van der Waals surface area contributed by atoms with E-state index >= 15 is 0 Å². The number of aromatic nitrogens is 5. The summed E-state index contributed by atoms with van der Waals surface area (Å²) in [5.74, 6) is -1.73. The summed E-state index contributed by atoms with van der Waals surface area (Å²) in [5, 5.41) is 11.4. The summed E-state index contributed by atoms with van der Waals surface area (Å²) in [4.78, 5) is 18.9. The van der Waals surface area contributed by atoms with Gasteiger partial charge in [-0.15, -0.1) is 5.10 Å². The SMILES string of the molecule is Nc1ncc(C2=CCN(C(=O)C3CCCOC3)CC2)cc1-c1nnnn1-c1cccc(F)c1F. The van der Waals surface area contributed by atoms with Crippen LogP contribution in [-0.2, 0) is 9.53 Å². The molecular weight excluding hydrogens is 444 g/mol. The quantitative estimate of drug-likeness (QED) is 0.628. The molecular formula is C23H23F2N7O2. The number of nitrogens with zero attached hydrogens (tertiary/aromatic N) is 6. The number of anilines is 1. The Morgan fingerprint density at radius 2 is 2.15 bits per heavy atom. The minimum atomic E-state index is -1.07. The molecule has 2 aromatic heterocycles. The van der Waals surface area contributed by atoms with Gasteiger partial charge in [0.2, 0.25) is 5.91 Å². The number of halogens is 2. The van der Waals surface area contributed by atoms with E-state index in [0.29, 0.717) is 31.7 Å². The van der Waals surface area contributed by atoms with Crippen LogP contribution in [0.1, 0.15) is 24.8 Å². The fraction of sp³-hybridized carbons (Fsp3) is 0.348. The highest BCUT2D eigenvalue weighted by atomic mass is 19.2. The van der Waals surface area contributed by atoms with Gasteiger partial charge >= 0.3 is 0 Å². The molecule has 0 aliphatic carbocycles. The number of carbonyl (C=O) groups excluding carboxylic acids is 1. The summed E-state index contributed by atoms with van der Waals surface area (Å²) >= 11 is 0. The van der Waals surface area contributed by atoms with Crippen LogP contribution in [-0.4, -0.2) is 62.3 Å². The summed E-state index contributed by atoms with van der Waals surface area (Å²) in [6.45, 7) is 2.29. The standard InChI is InChI=1S/C23H23F2N7O2/c24-18-4-1-5-19(20(18)25)32-22(28-29-30-32)17-11-16(12-27-21(17)26)14-6-8-31(9-7-14)23(33)15-3-2-10-34-13-15/h1,4-6,11-12,15H,2-3,7-10,13H2,(H2,26,27). The maximum atomic E-state index is 14.4. The molecule has 2 N–H and O–H groups in total. The Labute approximate surface area is 194 Å². The van der Waals surface area contributed by atoms with Crippen molar-refractivity contribution in [1.82, 2.24) is 30.1 Å². The molecule has 176 valence electrons. The van der Waals surface area contributed by atoms with Crippen LogP contribution in [0.15, 0.2) is 36.5 Å². The van der Waals surface area contributed by atoms with Crippen molar-refractivity contribution in [3.8, 4) is 17.1 Å². The summed E-state index contributed by atoms with van der Waals surface area (Å²) in [6.07, 6.45) is 6.06. The predicted octanol–water partition coefficient (Wildman–Crippen LogP) is 2.63. The van der Waals surface area contributed by atoms with Gasteiger partial charge in [0.1, 0.15) is 11.5 Å². The van der Waals surface area contributed by atoms with E-state index in [4.69, 9.17) is 10.5 Å². The monoisotopic (exact) mass is 467 g/mol. The van der Waals surface area contributed by atoms with Crippen molar-refractivity contribution in [3.05, 3.63) is 53.7 Å². The lowest BCUT2D eigenvalue weighted by atomic mass is 9.96. The van der Waals surface area contributed by atoms with Crippen molar-refractivity contribution < 1.29 is 18.3 Å². The lowest BCUT2D eigenvalue weighted by Crippen LogP contribution is -2.41. The Bertz CT molecular complexity index is 1250. The molecule has 0 saturated carbocycles. The van der Waals surface area contributed by atoms with Crippen LogP contribution in [0.3, 0.4) is 0 Å². The Hall–Kier alpha value is -3.73. The van der Waals surface area contributed by atoms with Gasteiger partial charge in [0.05, 0.1) is 18.1 Å². The molecule has 1 amide bonds. The van der Waals surface area contributed by atoms with Gasteiger partial charge in [-0.2, -0.15) is 4.68 Å². The normalized spacial score (nSPS) is 18.6. The molecule has 0 radical (unpaired) electrons. The molecule has 1 aromatic carbocycles. The fourth-order valence-electron chi connectivity index (χ4n) is 4.33. The van der Waals surface area contributed by atoms with Crippen LogP contribution in [0.25, 0.3) is 22.6 Å². The van der Waals surface area contributed by atoms with Crippen molar-refractivity contribution in [1.29, 1.82) is 0 Å². The zero-order chi connectivity index (χ0) is 23.7. The number of hydrogen-bond acceptors (Lipinski definition) is 7. The Balaban J connectivity index is 1.41. The molecule has 5 rings (SSSR count). The molecule has 11 heteroatoms. The number of pyridine rings is 1. The summed E-state index contributed by atoms with van der Waals surface area (Å²) in [7, 11) is 0. The minimum absolute atomic E-state index is 0.0735. The number of rotatable bonds is 4. The first kappa shape index (κ1) is 22.1. The second kappa shape index (κ2) is 9.26. The molecule has 1 atom stereocenters. The van der Waals surface area contributed by atoms with Gasteiger partial charge in [0.15, 0.2) is 17.5 Å². The predicted molar refractivity (Wildman–Crippen MR) is 119 cm³/mol. The van der Waals surface area contributed by atoms with Gasteiger partial charge in [-0.1, -0.05) is 12.1 Å². The summed E-state index contributed by atoms with van der Waals surface area (Å²) < 4.78 is 34.7. The average Bonchev–Trinajstić information content (AvgIpc) is 3.36. The van der Waals surface area contributed by atoms with E-state index in [1.54, 1.807) is 12.3 Å². The van der Waals surface area contributed by atoms with Crippen molar-refractivity contribution in [3.63, 3.8) is 0 Å². The number of benzene rings is 1. The zero-order valence-electron chi connectivity index (χ0n) is 18.3. The number of nitrogen functional groups attached to an aromatic ring is 1. The van der Waals surface area contributed by atoms with Crippen LogP contribution < -0.4 is 5.73 Å². The van der Waals surface area contributed by atoms with Gasteiger partial charge in [-0.25, -0.2) is 13.8 Å². The molecule has 4 heterocycles. The molecule has 1 saturated heterocycles. The van der Waals surface area contributed by atoms with Crippen molar-refractivity contribution in [2.24, 2.45) is 5.92 Å². The first-order chi connectivity index (χ1) is 16.5. The summed E-state index contributed by atoms with van der Waals surface area (Å²) in [5.41, 5.74) is 8.16. The van der Waals surface area contributed by atoms with E-state index in [9.17, 15) is 13.6 Å². The molecule has 1 fully saturated rings. The van der Waals surface area contributed by atoms with E-state index in [0.717, 1.165) is 41.3 Å². The van der Waals surface area contributed by atoms with Gasteiger partial charge in [0.25, 0.3) is 0 Å². The number of hydrogen-bond donors (Lipinski definition) is 1. The molecule has 2 aliphatic heterocycles. The maximum absolute atomic E-state index is 14.4. The Kier molecular flexibility index (Phi) is 6.01. The number of carbonyl (C=O) groups is 1. The first-order valence-corrected chi connectivity index (χ1v) is 11.1. The number of nitrogens with two attached hydrogens (primary N) is 1. The van der Waals surface area contributed by atoms with E-state index in [-0.39, 0.29) is 29.2 Å². The van der Waals surface area contributed by atoms with Crippen LogP contribution in [0.5, 0.6) is 0 Å². The van der Waals surface area contributed by atoms with Crippen LogP contribution in [0, 0.1) is 17.6 Å². The van der Waals surface area contributed by atoms with E-state index in [2.05, 4.69) is 20.5 Å². The van der Waals surface area contributed by atoms with Crippen LogP contribution >= 0.6 is 0 Å². The topological polar surface area (TPSA) is 112 Å². The van der Waals surface area contributed by atoms with Crippen molar-refractivity contribution in [2.45, 2.75) is 19.3 Å². The molecule has 1 unspecified atom stereocenters. The van der Waals surface area contributed by atoms with E-state index < -0.39 is 11.6 Å². The van der Waals surface area contributed by atoms with Crippen molar-refractivity contribution >= 4 is 17.3 Å². The highest BCUT2D eigenvalue weighted by Crippen LogP contribution is 2.31. The molecule has 2 aliphatic rings. The second-order valence-corrected chi connectivity index (χ2v) is 8.32. The first-order valence-electron chi connectivity index (χ1n) is 11.1. The van der Waals surface area contributed by atoms with Gasteiger partial charge < -0.3 is 15.4 Å². The lowest BCUT2D eigenvalue weighted by Gasteiger charge is -2.31. The smallest absolute Gasteiger partial charge is 0.228 e. The Morgan fingerprint density at radius 1 is 1.26 bits per heavy atom. The minimum Gasteiger partial charge on any atom is -0.383 e. The average molecular weight is 467 g/mol. The van der Waals surface area contributed by atoms with E-state index in [1.165, 1.54) is 12.1 Å². The van der Waals surface area contributed by atoms with Crippen LogP contribution in [0.4, 0.5) is 14.6 Å². The maximum Gasteiger partial charge on any atom is 0.228 e. The van der Waals surface area contributed by atoms with E-state index in [1.807, 2.05) is 11.0 Å². The lowest BCUT2D eigenvalue weighted by molar-refractivity contribution is -0.139. The number of amides is 1. The van der Waals surface area contributed by atoms with Gasteiger partial charge in [0, 0.05) is 25.9 Å². The van der Waals surface area contributed by atoms with Crippen molar-refractivity contribution in [2.75, 3.05) is 32.0 Å². The highest BCUT2D eigenvalue weighted by molar-refractivity contribution is 5.81. The highest BCUT2D eigenvalue weighted by Gasteiger charge is 2.28. The second-order valence-electron chi connectivity index (χ2n) is 8.32. The fourth-order valence-corrected chi connectivity index (χ4v) is 4.33. The summed E-state index contributed by atoms with van der Waals surface area (Å²) in [6, 6.07) is 5.54. The van der Waals surface area contributed by atoms with Crippen LogP contribution in [0.2, 0.25) is 0 Å². The third kappa shape index (κ3) is 4.14. The molecule has 0 bridgehead atoms. The molecule has 9 nitrogen and oxygen atoms in total. The number of ether oxygens (including phenoxy) is 1. The Morgan fingerprint density at radius 3 is 2.91 bits per heavy atom. The van der Waals surface area contributed by atoms with Gasteiger partial charge in [-0.3, -0.25) is 4.79 Å². The number of tetrazole rings is 1. The third-order valence-corrected chi connectivity index (χ3v) is 6.19.